The molecule has 2 amide bonds. The van der Waals surface area contributed by atoms with Gasteiger partial charge in [-0.15, -0.1) is 0 Å². The molecule has 5 nitrogen and oxygen atoms in total. The van der Waals surface area contributed by atoms with E-state index in [1.807, 2.05) is 12.1 Å². The number of rotatable bonds is 5. The molecule has 0 saturated carbocycles. The van der Waals surface area contributed by atoms with Crippen molar-refractivity contribution in [3.8, 4) is 5.75 Å². The van der Waals surface area contributed by atoms with E-state index in [1.165, 1.54) is 5.56 Å². The number of carbonyl (C=O) groups is 1. The predicted molar refractivity (Wildman–Crippen MR) is 91.9 cm³/mol. The van der Waals surface area contributed by atoms with Crippen LogP contribution in [0.25, 0.3) is 0 Å². The average Bonchev–Trinajstić information content (AvgIpc) is 2.52. The predicted octanol–water partition coefficient (Wildman–Crippen LogP) is 3.58. The van der Waals surface area contributed by atoms with Crippen LogP contribution in [0.15, 0.2) is 48.8 Å². The van der Waals surface area contributed by atoms with E-state index in [4.69, 9.17) is 4.74 Å². The number of nitrogens with one attached hydrogen (secondary N) is 2. The molecule has 0 bridgehead atoms. The van der Waals surface area contributed by atoms with Crippen molar-refractivity contribution in [1.29, 1.82) is 0 Å². The van der Waals surface area contributed by atoms with Gasteiger partial charge in [0.1, 0.15) is 12.4 Å². The Hall–Kier alpha value is -2.56. The fourth-order valence-electron chi connectivity index (χ4n) is 2.00. The lowest BCUT2D eigenvalue weighted by atomic mass is 9.87. The van der Waals surface area contributed by atoms with Crippen LogP contribution in [0.5, 0.6) is 5.75 Å². The number of anilines is 1. The first-order valence-electron chi connectivity index (χ1n) is 7.63. The fraction of sp³-hybridized carbons (Fsp3) is 0.333. The van der Waals surface area contributed by atoms with Gasteiger partial charge in [0, 0.05) is 6.20 Å². The summed E-state index contributed by atoms with van der Waals surface area (Å²) in [7, 11) is 0. The third-order valence-corrected chi connectivity index (χ3v) is 3.30. The Balaban J connectivity index is 1.70. The van der Waals surface area contributed by atoms with Gasteiger partial charge in [-0.2, -0.15) is 0 Å². The molecule has 23 heavy (non-hydrogen) atoms. The van der Waals surface area contributed by atoms with Gasteiger partial charge in [-0.3, -0.25) is 4.98 Å². The van der Waals surface area contributed by atoms with E-state index in [2.05, 4.69) is 48.5 Å². The SMILES string of the molecule is CC(C)(C)c1ccc(OCCNC(=O)Nc2cccnc2)cc1. The smallest absolute Gasteiger partial charge is 0.319 e. The molecule has 1 aromatic carbocycles. The van der Waals surface area contributed by atoms with Crippen LogP contribution in [-0.4, -0.2) is 24.2 Å². The minimum Gasteiger partial charge on any atom is -0.492 e. The number of ether oxygens (including phenoxy) is 1. The molecule has 5 heteroatoms. The van der Waals surface area contributed by atoms with Crippen LogP contribution in [0.3, 0.4) is 0 Å². The van der Waals surface area contributed by atoms with Crippen molar-refractivity contribution >= 4 is 11.7 Å². The monoisotopic (exact) mass is 313 g/mol. The number of hydrogen-bond acceptors (Lipinski definition) is 3. The number of amides is 2. The van der Waals surface area contributed by atoms with Crippen LogP contribution in [-0.2, 0) is 5.41 Å². The Morgan fingerprint density at radius 3 is 2.52 bits per heavy atom. The van der Waals surface area contributed by atoms with E-state index in [0.717, 1.165) is 5.75 Å². The van der Waals surface area contributed by atoms with E-state index in [1.54, 1.807) is 24.5 Å². The van der Waals surface area contributed by atoms with Crippen LogP contribution >= 0.6 is 0 Å². The van der Waals surface area contributed by atoms with Crippen molar-refractivity contribution in [3.63, 3.8) is 0 Å². The summed E-state index contributed by atoms with van der Waals surface area (Å²) in [6.07, 6.45) is 3.24. The molecule has 0 aliphatic heterocycles. The molecule has 0 fully saturated rings. The van der Waals surface area contributed by atoms with Gasteiger partial charge in [-0.25, -0.2) is 4.79 Å². The number of pyridine rings is 1. The number of benzene rings is 1. The number of aromatic nitrogens is 1. The highest BCUT2D eigenvalue weighted by Crippen LogP contribution is 2.24. The first kappa shape index (κ1) is 16.8. The Morgan fingerprint density at radius 2 is 1.91 bits per heavy atom. The van der Waals surface area contributed by atoms with Crippen molar-refractivity contribution in [3.05, 3.63) is 54.4 Å². The highest BCUT2D eigenvalue weighted by molar-refractivity contribution is 5.88. The molecule has 122 valence electrons. The second-order valence-electron chi connectivity index (χ2n) is 6.25. The minimum absolute atomic E-state index is 0.129. The van der Waals surface area contributed by atoms with Gasteiger partial charge >= 0.3 is 6.03 Å². The third kappa shape index (κ3) is 5.62. The molecule has 0 spiro atoms. The molecule has 0 saturated heterocycles. The van der Waals surface area contributed by atoms with Crippen LogP contribution in [0.2, 0.25) is 0 Å². The normalized spacial score (nSPS) is 10.9. The molecular formula is C18H23N3O2. The van der Waals surface area contributed by atoms with Gasteiger partial charge in [0.25, 0.3) is 0 Å². The number of carbonyl (C=O) groups excluding carboxylic acids is 1. The zero-order valence-electron chi connectivity index (χ0n) is 13.8. The standard InChI is InChI=1S/C18H23N3O2/c1-18(2,3)14-6-8-16(9-7-14)23-12-11-20-17(22)21-15-5-4-10-19-13-15/h4-10,13H,11-12H2,1-3H3,(H2,20,21,22). The van der Waals surface area contributed by atoms with Gasteiger partial charge in [0.05, 0.1) is 18.4 Å². The minimum atomic E-state index is -0.273. The fourth-order valence-corrected chi connectivity index (χ4v) is 2.00. The Bertz CT molecular complexity index is 619. The highest BCUT2D eigenvalue weighted by Gasteiger charge is 2.12. The van der Waals surface area contributed by atoms with Crippen molar-refractivity contribution < 1.29 is 9.53 Å². The molecule has 1 aromatic heterocycles. The Labute approximate surface area is 137 Å². The van der Waals surface area contributed by atoms with Crippen molar-refractivity contribution in [2.75, 3.05) is 18.5 Å². The summed E-state index contributed by atoms with van der Waals surface area (Å²) in [4.78, 5) is 15.6. The largest absolute Gasteiger partial charge is 0.492 e. The highest BCUT2D eigenvalue weighted by atomic mass is 16.5. The zero-order chi connectivity index (χ0) is 16.7. The average molecular weight is 313 g/mol. The summed E-state index contributed by atoms with van der Waals surface area (Å²) in [6, 6.07) is 11.3. The van der Waals surface area contributed by atoms with Crippen LogP contribution in [0.1, 0.15) is 26.3 Å². The first-order chi connectivity index (χ1) is 10.9. The summed E-state index contributed by atoms with van der Waals surface area (Å²) < 4.78 is 5.62. The van der Waals surface area contributed by atoms with Crippen molar-refractivity contribution in [1.82, 2.24) is 10.3 Å². The summed E-state index contributed by atoms with van der Waals surface area (Å²) in [5.41, 5.74) is 2.05. The van der Waals surface area contributed by atoms with Crippen molar-refractivity contribution in [2.24, 2.45) is 0 Å². The van der Waals surface area contributed by atoms with Crippen molar-refractivity contribution in [2.45, 2.75) is 26.2 Å². The lowest BCUT2D eigenvalue weighted by Crippen LogP contribution is -2.32. The molecule has 2 rings (SSSR count). The van der Waals surface area contributed by atoms with Gasteiger partial charge < -0.3 is 15.4 Å². The van der Waals surface area contributed by atoms with E-state index < -0.39 is 0 Å². The van der Waals surface area contributed by atoms with E-state index in [-0.39, 0.29) is 11.4 Å². The van der Waals surface area contributed by atoms with Gasteiger partial charge in [-0.05, 0) is 35.2 Å². The van der Waals surface area contributed by atoms with E-state index in [9.17, 15) is 4.79 Å². The summed E-state index contributed by atoms with van der Waals surface area (Å²) in [5, 5.41) is 5.43. The third-order valence-electron chi connectivity index (χ3n) is 3.30. The second kappa shape index (κ2) is 7.63. The summed E-state index contributed by atoms with van der Waals surface area (Å²) in [5.74, 6) is 0.799. The maximum atomic E-state index is 11.7. The lowest BCUT2D eigenvalue weighted by Gasteiger charge is -2.19. The summed E-state index contributed by atoms with van der Waals surface area (Å²) >= 11 is 0. The molecule has 2 aromatic rings. The Kier molecular flexibility index (Phi) is 5.57. The maximum absolute atomic E-state index is 11.7. The summed E-state index contributed by atoms with van der Waals surface area (Å²) in [6.45, 7) is 7.36. The Morgan fingerprint density at radius 1 is 1.17 bits per heavy atom. The topological polar surface area (TPSA) is 63.2 Å². The molecule has 2 N–H and O–H groups in total. The van der Waals surface area contributed by atoms with Crippen LogP contribution in [0, 0.1) is 0 Å². The van der Waals surface area contributed by atoms with E-state index >= 15 is 0 Å². The molecule has 1 heterocycles. The van der Waals surface area contributed by atoms with Gasteiger partial charge in [-0.1, -0.05) is 32.9 Å². The lowest BCUT2D eigenvalue weighted by molar-refractivity contribution is 0.247. The second-order valence-corrected chi connectivity index (χ2v) is 6.25. The van der Waals surface area contributed by atoms with E-state index in [0.29, 0.717) is 18.8 Å². The molecule has 0 atom stereocenters. The van der Waals surface area contributed by atoms with Crippen LogP contribution < -0.4 is 15.4 Å². The molecule has 0 unspecified atom stereocenters. The van der Waals surface area contributed by atoms with Gasteiger partial charge in [0.15, 0.2) is 0 Å². The molecule has 0 radical (unpaired) electrons. The number of nitrogens with zero attached hydrogens (tertiary/aromatic N) is 1. The van der Waals surface area contributed by atoms with Crippen LogP contribution in [0.4, 0.5) is 10.5 Å². The number of hydrogen-bond donors (Lipinski definition) is 2. The molecule has 0 aliphatic carbocycles. The quantitative estimate of drug-likeness (QED) is 0.829. The first-order valence-corrected chi connectivity index (χ1v) is 7.63. The maximum Gasteiger partial charge on any atom is 0.319 e. The molecule has 0 aliphatic rings. The number of urea groups is 1. The molecular weight excluding hydrogens is 290 g/mol. The zero-order valence-corrected chi connectivity index (χ0v) is 13.8. The van der Waals surface area contributed by atoms with Gasteiger partial charge in [0.2, 0.25) is 0 Å².